The van der Waals surface area contributed by atoms with Gasteiger partial charge in [0.05, 0.1) is 23.6 Å². The first kappa shape index (κ1) is 28.8. The summed E-state index contributed by atoms with van der Waals surface area (Å²) in [5, 5.41) is 5.45. The largest absolute Gasteiger partial charge is 0.371 e. The Morgan fingerprint density at radius 1 is 1.00 bits per heavy atom. The average molecular weight is 586 g/mol. The zero-order valence-electron chi connectivity index (χ0n) is 24.6. The van der Waals surface area contributed by atoms with Crippen molar-refractivity contribution in [2.75, 3.05) is 50.0 Å². The molecule has 0 aliphatic carbocycles. The molecule has 2 aliphatic rings. The van der Waals surface area contributed by atoms with Gasteiger partial charge >= 0.3 is 0 Å². The van der Waals surface area contributed by atoms with Crippen LogP contribution < -0.4 is 15.5 Å². The number of amides is 2. The number of hydrogen-bond donors (Lipinski definition) is 2. The fourth-order valence-electron chi connectivity index (χ4n) is 5.59. The number of aromatic nitrogens is 3. The summed E-state index contributed by atoms with van der Waals surface area (Å²) in [6, 6.07) is 11.7. The Labute approximate surface area is 249 Å². The molecule has 2 saturated heterocycles. The highest BCUT2D eigenvalue weighted by molar-refractivity contribution is 6.04. The molecule has 2 fully saturated rings. The van der Waals surface area contributed by atoms with E-state index in [1.165, 1.54) is 24.4 Å². The minimum Gasteiger partial charge on any atom is -0.371 e. The van der Waals surface area contributed by atoms with Crippen molar-refractivity contribution in [2.45, 2.75) is 38.4 Å². The van der Waals surface area contributed by atoms with Crippen LogP contribution in [0.5, 0.6) is 0 Å². The van der Waals surface area contributed by atoms with Gasteiger partial charge in [0, 0.05) is 56.2 Å². The lowest BCUT2D eigenvalue weighted by Gasteiger charge is -2.33. The fourth-order valence-corrected chi connectivity index (χ4v) is 5.59. The summed E-state index contributed by atoms with van der Waals surface area (Å²) in [7, 11) is 2.13. The Kier molecular flexibility index (Phi) is 7.85. The zero-order valence-corrected chi connectivity index (χ0v) is 24.6. The number of ether oxygens (including phenoxy) is 1. The lowest BCUT2D eigenvalue weighted by Crippen LogP contribution is -2.44. The van der Waals surface area contributed by atoms with Gasteiger partial charge in [0.15, 0.2) is 0 Å². The topological polar surface area (TPSA) is 104 Å². The van der Waals surface area contributed by atoms with Crippen LogP contribution >= 0.6 is 0 Å². The molecule has 4 aromatic rings. The number of benzene rings is 1. The summed E-state index contributed by atoms with van der Waals surface area (Å²) >= 11 is 0. The number of rotatable bonds is 7. The van der Waals surface area contributed by atoms with E-state index in [0.717, 1.165) is 56.0 Å². The molecule has 3 aromatic heterocycles. The van der Waals surface area contributed by atoms with E-state index in [-0.39, 0.29) is 34.6 Å². The van der Waals surface area contributed by atoms with E-state index in [1.54, 1.807) is 10.6 Å². The van der Waals surface area contributed by atoms with Gasteiger partial charge in [-0.05, 0) is 81.8 Å². The minimum atomic E-state index is -0.644. The second-order valence-electron chi connectivity index (χ2n) is 11.9. The van der Waals surface area contributed by atoms with Crippen molar-refractivity contribution in [3.63, 3.8) is 0 Å². The maximum absolute atomic E-state index is 14.7. The summed E-state index contributed by atoms with van der Waals surface area (Å²) in [6.45, 7) is 8.33. The van der Waals surface area contributed by atoms with Crippen molar-refractivity contribution in [1.82, 2.24) is 24.6 Å². The Balaban J connectivity index is 1.12. The van der Waals surface area contributed by atoms with Gasteiger partial charge in [0.2, 0.25) is 0 Å². The molecule has 5 heterocycles. The van der Waals surface area contributed by atoms with E-state index in [4.69, 9.17) is 4.74 Å². The van der Waals surface area contributed by atoms with Crippen molar-refractivity contribution in [2.24, 2.45) is 0 Å². The normalized spacial score (nSPS) is 18.6. The van der Waals surface area contributed by atoms with Crippen molar-refractivity contribution < 1.29 is 18.7 Å². The van der Waals surface area contributed by atoms with Crippen LogP contribution in [0.3, 0.4) is 0 Å². The van der Waals surface area contributed by atoms with Gasteiger partial charge in [-0.3, -0.25) is 14.0 Å². The molecule has 0 radical (unpaired) electrons. The molecule has 10 nitrogen and oxygen atoms in total. The first-order valence-corrected chi connectivity index (χ1v) is 14.6. The summed E-state index contributed by atoms with van der Waals surface area (Å²) in [6.07, 6.45) is 6.77. The van der Waals surface area contributed by atoms with Gasteiger partial charge in [0.1, 0.15) is 23.0 Å². The van der Waals surface area contributed by atoms with Crippen molar-refractivity contribution in [3.05, 3.63) is 78.1 Å². The van der Waals surface area contributed by atoms with Crippen molar-refractivity contribution >= 4 is 29.0 Å². The maximum Gasteiger partial charge on any atom is 0.274 e. The van der Waals surface area contributed by atoms with Gasteiger partial charge in [-0.25, -0.2) is 14.4 Å². The summed E-state index contributed by atoms with van der Waals surface area (Å²) in [4.78, 5) is 39.6. The second kappa shape index (κ2) is 11.7. The van der Waals surface area contributed by atoms with Crippen LogP contribution in [0, 0.1) is 5.82 Å². The number of anilines is 2. The van der Waals surface area contributed by atoms with E-state index in [0.29, 0.717) is 12.2 Å². The van der Waals surface area contributed by atoms with E-state index >= 15 is 0 Å². The van der Waals surface area contributed by atoms with Crippen LogP contribution in [-0.4, -0.2) is 82.6 Å². The highest BCUT2D eigenvalue weighted by atomic mass is 19.1. The van der Waals surface area contributed by atoms with Crippen LogP contribution in [0.25, 0.3) is 16.8 Å². The predicted octanol–water partition coefficient (Wildman–Crippen LogP) is 4.23. The zero-order chi connectivity index (χ0) is 30.1. The Bertz CT molecular complexity index is 1640. The average Bonchev–Trinajstić information content (AvgIpc) is 3.59. The molecule has 43 heavy (non-hydrogen) atoms. The molecule has 2 aliphatic heterocycles. The van der Waals surface area contributed by atoms with Crippen LogP contribution in [0.15, 0.2) is 61.1 Å². The van der Waals surface area contributed by atoms with Crippen molar-refractivity contribution in [1.29, 1.82) is 0 Å². The lowest BCUT2D eigenvalue weighted by atomic mass is 10.1. The first-order valence-electron chi connectivity index (χ1n) is 14.6. The molecule has 2 amide bonds. The number of nitrogens with zero attached hydrogens (tertiary/aromatic N) is 5. The molecule has 6 rings (SSSR count). The highest BCUT2D eigenvalue weighted by Crippen LogP contribution is 2.29. The number of carbonyl (C=O) groups excluding carboxylic acids is 2. The third-order valence-electron chi connectivity index (χ3n) is 8.18. The molecule has 1 aromatic carbocycles. The molecule has 0 spiro atoms. The van der Waals surface area contributed by atoms with Gasteiger partial charge in [-0.1, -0.05) is 0 Å². The number of nitrogens with one attached hydrogen (secondary N) is 2. The van der Waals surface area contributed by atoms with Crippen molar-refractivity contribution in [3.8, 4) is 11.1 Å². The van der Waals surface area contributed by atoms with Crippen LogP contribution in [0.2, 0.25) is 0 Å². The molecule has 11 heteroatoms. The van der Waals surface area contributed by atoms with Gasteiger partial charge < -0.3 is 25.2 Å². The van der Waals surface area contributed by atoms with Crippen LogP contribution in [-0.2, 0) is 4.74 Å². The summed E-state index contributed by atoms with van der Waals surface area (Å²) in [5.41, 5.74) is 2.61. The number of pyridine rings is 2. The minimum absolute atomic E-state index is 0.0630. The lowest BCUT2D eigenvalue weighted by molar-refractivity contribution is -0.0138. The summed E-state index contributed by atoms with van der Waals surface area (Å²) < 4.78 is 22.2. The molecule has 2 N–H and O–H groups in total. The van der Waals surface area contributed by atoms with Gasteiger partial charge in [0.25, 0.3) is 11.8 Å². The molecular formula is C32H36FN7O3. The molecular weight excluding hydrogens is 549 g/mol. The third kappa shape index (κ3) is 6.37. The Morgan fingerprint density at radius 3 is 2.53 bits per heavy atom. The quantitative estimate of drug-likeness (QED) is 0.335. The molecule has 0 saturated carbocycles. The monoisotopic (exact) mass is 585 g/mol. The molecule has 0 bridgehead atoms. The smallest absolute Gasteiger partial charge is 0.274 e. The number of carbonyl (C=O) groups is 2. The van der Waals surface area contributed by atoms with E-state index < -0.39 is 11.7 Å². The number of halogens is 1. The SMILES string of the molecule is CN1CCN(c2ccc(-c3ccn4c(C(=O)Nc5cc(C(=O)NCC6CCC(C)(C)O6)ccc5F)cnc4c3)cn2)CC1. The van der Waals surface area contributed by atoms with E-state index in [9.17, 15) is 14.0 Å². The van der Waals surface area contributed by atoms with Crippen LogP contribution in [0.4, 0.5) is 15.9 Å². The number of hydrogen-bond acceptors (Lipinski definition) is 7. The predicted molar refractivity (Wildman–Crippen MR) is 163 cm³/mol. The Morgan fingerprint density at radius 2 is 1.81 bits per heavy atom. The first-order chi connectivity index (χ1) is 20.6. The van der Waals surface area contributed by atoms with Gasteiger partial charge in [-0.15, -0.1) is 0 Å². The molecule has 1 unspecified atom stereocenters. The fraction of sp³-hybridized carbons (Fsp3) is 0.375. The Hall–Kier alpha value is -4.35. The highest BCUT2D eigenvalue weighted by Gasteiger charge is 2.31. The number of likely N-dealkylation sites (N-methyl/N-ethyl adjacent to an activating group) is 1. The second-order valence-corrected chi connectivity index (χ2v) is 11.9. The molecule has 1 atom stereocenters. The van der Waals surface area contributed by atoms with E-state index in [1.807, 2.05) is 44.3 Å². The van der Waals surface area contributed by atoms with Gasteiger partial charge in [-0.2, -0.15) is 0 Å². The molecule has 224 valence electrons. The standard InChI is InChI=1S/C32H36FN7O3/c1-32(2)10-8-24(43-32)19-36-30(41)22-4-6-25(33)26(16-22)37-31(42)27-20-35-29-17-21(9-11-40(27)29)23-5-7-28(34-18-23)39-14-12-38(3)13-15-39/h4-7,9,11,16-18,20,24H,8,10,12-15,19H2,1-3H3,(H,36,41)(H,37,42). The number of fused-ring (bicyclic) bond motifs is 1. The maximum atomic E-state index is 14.7. The summed E-state index contributed by atoms with van der Waals surface area (Å²) in [5.74, 6) is -0.596. The number of imidazole rings is 1. The van der Waals surface area contributed by atoms with Crippen LogP contribution in [0.1, 0.15) is 47.5 Å². The third-order valence-corrected chi connectivity index (χ3v) is 8.18. The van der Waals surface area contributed by atoms with E-state index in [2.05, 4.69) is 37.4 Å². The number of piperazine rings is 1.